The molecule has 9 heteroatoms. The van der Waals surface area contributed by atoms with Crippen molar-refractivity contribution in [1.82, 2.24) is 19.8 Å². The number of aliphatic hydroxyl groups excluding tert-OH is 1. The number of benzene rings is 2. The van der Waals surface area contributed by atoms with Gasteiger partial charge in [-0.15, -0.1) is 0 Å². The lowest BCUT2D eigenvalue weighted by atomic mass is 9.93. The maximum absolute atomic E-state index is 9.85. The van der Waals surface area contributed by atoms with Gasteiger partial charge in [-0.3, -0.25) is 4.90 Å². The molecule has 200 valence electrons. The van der Waals surface area contributed by atoms with Crippen LogP contribution >= 0.6 is 0 Å². The Morgan fingerprint density at radius 3 is 2.68 bits per heavy atom. The fourth-order valence-corrected chi connectivity index (χ4v) is 5.93. The Labute approximate surface area is 225 Å². The van der Waals surface area contributed by atoms with Gasteiger partial charge in [0, 0.05) is 80.7 Å². The third kappa shape index (κ3) is 5.01. The zero-order valence-corrected chi connectivity index (χ0v) is 22.4. The molecular formula is C29H38N8O. The molecular weight excluding hydrogens is 476 g/mol. The number of nitrogens with one attached hydrogen (secondary N) is 2. The van der Waals surface area contributed by atoms with Gasteiger partial charge in [0.05, 0.1) is 13.3 Å². The number of hydrogen-bond acceptors (Lipinski definition) is 9. The number of aryl methyl sites for hydroxylation is 1. The molecule has 0 saturated carbocycles. The topological polar surface area (TPSA) is 83.0 Å². The van der Waals surface area contributed by atoms with Gasteiger partial charge in [0.25, 0.3) is 0 Å². The predicted molar refractivity (Wildman–Crippen MR) is 153 cm³/mol. The average Bonchev–Trinajstić information content (AvgIpc) is 2.94. The van der Waals surface area contributed by atoms with Gasteiger partial charge in [-0.1, -0.05) is 18.2 Å². The van der Waals surface area contributed by atoms with Gasteiger partial charge in [0.1, 0.15) is 5.82 Å². The van der Waals surface area contributed by atoms with Crippen LogP contribution in [0.4, 0.5) is 28.8 Å². The first-order valence-electron chi connectivity index (χ1n) is 13.7. The Morgan fingerprint density at radius 2 is 1.89 bits per heavy atom. The van der Waals surface area contributed by atoms with Crippen LogP contribution in [0.1, 0.15) is 29.2 Å². The smallest absolute Gasteiger partial charge is 0.229 e. The Bertz CT molecular complexity index is 1260. The number of nitrogens with zero attached hydrogens (tertiary/aromatic N) is 6. The number of anilines is 5. The molecule has 0 unspecified atom stereocenters. The van der Waals surface area contributed by atoms with Crippen molar-refractivity contribution in [3.63, 3.8) is 0 Å². The molecule has 0 radical (unpaired) electrons. The molecule has 2 aromatic carbocycles. The highest BCUT2D eigenvalue weighted by Crippen LogP contribution is 2.39. The quantitative estimate of drug-likeness (QED) is 0.458. The summed E-state index contributed by atoms with van der Waals surface area (Å²) in [5, 5.41) is 16.8. The Morgan fingerprint density at radius 1 is 1.08 bits per heavy atom. The Hall–Kier alpha value is -3.40. The van der Waals surface area contributed by atoms with Crippen LogP contribution in [0.3, 0.4) is 0 Å². The second-order valence-corrected chi connectivity index (χ2v) is 10.7. The van der Waals surface area contributed by atoms with Crippen molar-refractivity contribution >= 4 is 28.8 Å². The highest BCUT2D eigenvalue weighted by atomic mass is 16.3. The Kier molecular flexibility index (Phi) is 7.06. The first kappa shape index (κ1) is 24.9. The van der Waals surface area contributed by atoms with Gasteiger partial charge in [-0.05, 0) is 55.8 Å². The summed E-state index contributed by atoms with van der Waals surface area (Å²) in [6, 6.07) is 15.4. The van der Waals surface area contributed by atoms with E-state index in [1.807, 2.05) is 6.20 Å². The van der Waals surface area contributed by atoms with Crippen LogP contribution in [-0.2, 0) is 6.54 Å². The number of aromatic nitrogens is 2. The van der Waals surface area contributed by atoms with E-state index in [2.05, 4.69) is 91.7 Å². The fourth-order valence-electron chi connectivity index (χ4n) is 5.93. The van der Waals surface area contributed by atoms with Crippen LogP contribution in [0.15, 0.2) is 48.7 Å². The number of β-amino-alcohol motifs (C(OH)–C–C–N with tert-alkyl or cyclic N) is 1. The van der Waals surface area contributed by atoms with E-state index in [0.29, 0.717) is 18.5 Å². The van der Waals surface area contributed by atoms with Gasteiger partial charge in [-0.2, -0.15) is 4.98 Å². The first-order valence-corrected chi connectivity index (χ1v) is 13.7. The van der Waals surface area contributed by atoms with Gasteiger partial charge in [-0.25, -0.2) is 4.98 Å². The van der Waals surface area contributed by atoms with E-state index in [-0.39, 0.29) is 6.61 Å². The second-order valence-electron chi connectivity index (χ2n) is 10.7. The van der Waals surface area contributed by atoms with Gasteiger partial charge in [0.15, 0.2) is 0 Å². The minimum atomic E-state index is 0.0791. The van der Waals surface area contributed by atoms with E-state index in [0.717, 1.165) is 69.4 Å². The lowest BCUT2D eigenvalue weighted by molar-refractivity contribution is 0.164. The van der Waals surface area contributed by atoms with E-state index in [1.165, 1.54) is 22.5 Å². The lowest BCUT2D eigenvalue weighted by Gasteiger charge is -2.43. The first-order chi connectivity index (χ1) is 18.6. The molecule has 0 amide bonds. The SMILES string of the molecule is Cc1cccc2c1NCC[C@@H]2N1Cc2cnc(Nc3ccc(N4CCN(C)CC4)cc3)nc2N(CCO)C1. The van der Waals surface area contributed by atoms with Crippen LogP contribution in [0, 0.1) is 6.92 Å². The number of rotatable bonds is 6. The van der Waals surface area contributed by atoms with Crippen molar-refractivity contribution in [3.8, 4) is 0 Å². The molecule has 3 aliphatic heterocycles. The van der Waals surface area contributed by atoms with E-state index >= 15 is 0 Å². The van der Waals surface area contributed by atoms with Crippen LogP contribution in [0.25, 0.3) is 0 Å². The summed E-state index contributed by atoms with van der Waals surface area (Å²) in [5.41, 5.74) is 7.20. The maximum Gasteiger partial charge on any atom is 0.229 e. The standard InChI is InChI=1S/C29H38N8O/c1-21-4-3-5-25-26(10-11-30-27(21)25)37-19-22-18-31-29(33-28(22)36(20-37)16-17-38)32-23-6-8-24(9-7-23)35-14-12-34(2)13-15-35/h3-9,18,26,30,38H,10-17,19-20H2,1-2H3,(H,31,32,33)/t26-/m0/s1. The van der Waals surface area contributed by atoms with Crippen molar-refractivity contribution in [2.24, 2.45) is 0 Å². The number of likely N-dealkylation sites (N-methyl/N-ethyl adjacent to an activating group) is 1. The number of aliphatic hydroxyl groups is 1. The van der Waals surface area contributed by atoms with Crippen LogP contribution in [0.5, 0.6) is 0 Å². The minimum Gasteiger partial charge on any atom is -0.395 e. The van der Waals surface area contributed by atoms with E-state index in [1.54, 1.807) is 0 Å². The summed E-state index contributed by atoms with van der Waals surface area (Å²) < 4.78 is 0. The van der Waals surface area contributed by atoms with Crippen molar-refractivity contribution in [3.05, 3.63) is 65.4 Å². The van der Waals surface area contributed by atoms with Crippen molar-refractivity contribution < 1.29 is 5.11 Å². The summed E-state index contributed by atoms with van der Waals surface area (Å²) >= 11 is 0. The molecule has 3 N–H and O–H groups in total. The molecule has 1 fully saturated rings. The zero-order valence-electron chi connectivity index (χ0n) is 22.4. The van der Waals surface area contributed by atoms with Crippen LogP contribution < -0.4 is 20.4 Å². The molecule has 0 aliphatic carbocycles. The largest absolute Gasteiger partial charge is 0.395 e. The van der Waals surface area contributed by atoms with Crippen molar-refractivity contribution in [2.75, 3.05) is 80.0 Å². The molecule has 4 heterocycles. The number of fused-ring (bicyclic) bond motifs is 2. The molecule has 0 bridgehead atoms. The molecule has 38 heavy (non-hydrogen) atoms. The number of para-hydroxylation sites is 1. The summed E-state index contributed by atoms with van der Waals surface area (Å²) in [4.78, 5) is 19.0. The molecule has 3 aromatic rings. The third-order valence-electron chi connectivity index (χ3n) is 8.05. The second kappa shape index (κ2) is 10.8. The van der Waals surface area contributed by atoms with E-state index in [9.17, 15) is 5.11 Å². The van der Waals surface area contributed by atoms with Crippen molar-refractivity contribution in [2.45, 2.75) is 25.9 Å². The summed E-state index contributed by atoms with van der Waals surface area (Å²) in [7, 11) is 2.18. The third-order valence-corrected chi connectivity index (χ3v) is 8.05. The molecule has 6 rings (SSSR count). The van der Waals surface area contributed by atoms with Gasteiger partial charge >= 0.3 is 0 Å². The van der Waals surface area contributed by atoms with Gasteiger partial charge < -0.3 is 30.4 Å². The monoisotopic (exact) mass is 514 g/mol. The Balaban J connectivity index is 1.19. The fraction of sp³-hybridized carbons (Fsp3) is 0.448. The van der Waals surface area contributed by atoms with E-state index < -0.39 is 0 Å². The molecule has 1 atom stereocenters. The highest BCUT2D eigenvalue weighted by Gasteiger charge is 2.32. The van der Waals surface area contributed by atoms with Gasteiger partial charge in [0.2, 0.25) is 5.95 Å². The molecule has 1 aromatic heterocycles. The molecule has 0 spiro atoms. The predicted octanol–water partition coefficient (Wildman–Crippen LogP) is 3.41. The molecule has 9 nitrogen and oxygen atoms in total. The minimum absolute atomic E-state index is 0.0791. The molecule has 1 saturated heterocycles. The summed E-state index contributed by atoms with van der Waals surface area (Å²) in [5.74, 6) is 1.48. The highest BCUT2D eigenvalue weighted by molar-refractivity contribution is 5.62. The summed E-state index contributed by atoms with van der Waals surface area (Å²) in [6.45, 7) is 9.54. The number of piperazine rings is 1. The zero-order chi connectivity index (χ0) is 26.1. The maximum atomic E-state index is 9.85. The molecule has 3 aliphatic rings. The van der Waals surface area contributed by atoms with Crippen molar-refractivity contribution in [1.29, 1.82) is 0 Å². The van der Waals surface area contributed by atoms with Crippen LogP contribution in [0.2, 0.25) is 0 Å². The normalized spacial score (nSPS) is 20.0. The lowest BCUT2D eigenvalue weighted by Crippen LogP contribution is -2.46. The van der Waals surface area contributed by atoms with E-state index in [4.69, 9.17) is 4.98 Å². The average molecular weight is 515 g/mol. The summed E-state index contributed by atoms with van der Waals surface area (Å²) in [6.07, 6.45) is 2.99. The number of hydrogen-bond donors (Lipinski definition) is 3. The van der Waals surface area contributed by atoms with Crippen LogP contribution in [-0.4, -0.2) is 84.5 Å².